The molecule has 1 rings (SSSR count). The van der Waals surface area contributed by atoms with Crippen LogP contribution >= 0.6 is 0 Å². The van der Waals surface area contributed by atoms with E-state index >= 15 is 0 Å². The van der Waals surface area contributed by atoms with Crippen molar-refractivity contribution in [2.75, 3.05) is 19.8 Å². The van der Waals surface area contributed by atoms with Gasteiger partial charge in [-0.1, -0.05) is 31.2 Å². The molecule has 0 aliphatic carbocycles. The average Bonchev–Trinajstić information content (AvgIpc) is 2.29. The van der Waals surface area contributed by atoms with Gasteiger partial charge in [0.1, 0.15) is 12.4 Å². The van der Waals surface area contributed by atoms with Crippen LogP contribution in [0.15, 0.2) is 30.8 Å². The van der Waals surface area contributed by atoms with Gasteiger partial charge in [0.05, 0.1) is 6.61 Å². The van der Waals surface area contributed by atoms with Gasteiger partial charge < -0.3 is 9.47 Å². The molecular weight excluding hydrogens is 200 g/mol. The Balaban J connectivity index is 2.36. The number of benzene rings is 1. The summed E-state index contributed by atoms with van der Waals surface area (Å²) in [5.41, 5.74) is 2.17. The Bertz CT molecular complexity index is 331. The highest BCUT2D eigenvalue weighted by atomic mass is 16.5. The molecule has 1 aromatic carbocycles. The van der Waals surface area contributed by atoms with Gasteiger partial charge in [0, 0.05) is 6.61 Å². The van der Waals surface area contributed by atoms with Crippen molar-refractivity contribution >= 4 is 5.57 Å². The molecule has 2 heteroatoms. The van der Waals surface area contributed by atoms with E-state index in [9.17, 15) is 0 Å². The molecule has 0 aliphatic heterocycles. The molecule has 16 heavy (non-hydrogen) atoms. The van der Waals surface area contributed by atoms with Gasteiger partial charge in [0.2, 0.25) is 0 Å². The third-order valence-electron chi connectivity index (χ3n) is 2.17. The molecule has 0 saturated heterocycles. The third-order valence-corrected chi connectivity index (χ3v) is 2.17. The molecule has 0 radical (unpaired) electrons. The molecular formula is C14H20O2. The predicted molar refractivity (Wildman–Crippen MR) is 67.8 cm³/mol. The first-order valence-corrected chi connectivity index (χ1v) is 5.70. The van der Waals surface area contributed by atoms with Crippen molar-refractivity contribution < 1.29 is 9.47 Å². The molecule has 0 aliphatic rings. The summed E-state index contributed by atoms with van der Waals surface area (Å²) in [4.78, 5) is 0. The molecule has 2 nitrogen and oxygen atoms in total. The number of allylic oxidation sites excluding steroid dienone is 1. The summed E-state index contributed by atoms with van der Waals surface area (Å²) in [5.74, 6) is 0.876. The first-order chi connectivity index (χ1) is 7.74. The maximum absolute atomic E-state index is 5.58. The van der Waals surface area contributed by atoms with E-state index in [0.29, 0.717) is 13.2 Å². The Hall–Kier alpha value is -1.28. The average molecular weight is 220 g/mol. The lowest BCUT2D eigenvalue weighted by atomic mass is 10.1. The van der Waals surface area contributed by atoms with Gasteiger partial charge in [0.15, 0.2) is 0 Å². The van der Waals surface area contributed by atoms with Gasteiger partial charge >= 0.3 is 0 Å². The minimum Gasteiger partial charge on any atom is -0.491 e. The summed E-state index contributed by atoms with van der Waals surface area (Å²) in [6.45, 7) is 10.0. The molecule has 0 heterocycles. The maximum atomic E-state index is 5.58. The highest BCUT2D eigenvalue weighted by Gasteiger charge is 1.97. The standard InChI is InChI=1S/C14H20O2/c1-4-8-15-9-10-16-14-7-5-6-13(11-14)12(2)3/h5-7,11H,2,4,8-10H2,1,3H3. The molecule has 0 bridgehead atoms. The molecule has 0 atom stereocenters. The number of rotatable bonds is 7. The summed E-state index contributed by atoms with van der Waals surface area (Å²) in [6.07, 6.45) is 1.05. The second kappa shape index (κ2) is 7.07. The molecule has 88 valence electrons. The molecule has 0 N–H and O–H groups in total. The summed E-state index contributed by atoms with van der Waals surface area (Å²) >= 11 is 0. The fourth-order valence-corrected chi connectivity index (χ4v) is 1.32. The highest BCUT2D eigenvalue weighted by Crippen LogP contribution is 2.18. The van der Waals surface area contributed by atoms with Crippen LogP contribution in [-0.2, 0) is 4.74 Å². The van der Waals surface area contributed by atoms with E-state index in [1.807, 2.05) is 31.2 Å². The van der Waals surface area contributed by atoms with Crippen LogP contribution in [0.3, 0.4) is 0 Å². The summed E-state index contributed by atoms with van der Waals surface area (Å²) in [6, 6.07) is 7.96. The van der Waals surface area contributed by atoms with Crippen molar-refractivity contribution in [3.8, 4) is 5.75 Å². The normalized spacial score (nSPS) is 10.1. The molecule has 1 aromatic rings. The van der Waals surface area contributed by atoms with E-state index in [0.717, 1.165) is 29.9 Å². The van der Waals surface area contributed by atoms with Crippen LogP contribution in [0.1, 0.15) is 25.8 Å². The van der Waals surface area contributed by atoms with Crippen LogP contribution in [0.5, 0.6) is 5.75 Å². The quantitative estimate of drug-likeness (QED) is 0.654. The molecule has 0 unspecified atom stereocenters. The van der Waals surface area contributed by atoms with Crippen molar-refractivity contribution in [1.82, 2.24) is 0 Å². The molecule has 0 amide bonds. The summed E-state index contributed by atoms with van der Waals surface area (Å²) in [5, 5.41) is 0. The number of hydrogen-bond donors (Lipinski definition) is 0. The van der Waals surface area contributed by atoms with Crippen molar-refractivity contribution in [1.29, 1.82) is 0 Å². The van der Waals surface area contributed by atoms with Gasteiger partial charge in [-0.3, -0.25) is 0 Å². The van der Waals surface area contributed by atoms with Gasteiger partial charge in [0.25, 0.3) is 0 Å². The zero-order chi connectivity index (χ0) is 11.8. The van der Waals surface area contributed by atoms with Crippen molar-refractivity contribution in [2.45, 2.75) is 20.3 Å². The molecule has 0 saturated carbocycles. The van der Waals surface area contributed by atoms with Crippen LogP contribution in [0.4, 0.5) is 0 Å². The molecule has 0 spiro atoms. The Kier molecular flexibility index (Phi) is 5.65. The zero-order valence-electron chi connectivity index (χ0n) is 10.2. The zero-order valence-corrected chi connectivity index (χ0v) is 10.2. The fraction of sp³-hybridized carbons (Fsp3) is 0.429. The topological polar surface area (TPSA) is 18.5 Å². The summed E-state index contributed by atoms with van der Waals surface area (Å²) < 4.78 is 10.9. The molecule has 0 aromatic heterocycles. The maximum Gasteiger partial charge on any atom is 0.120 e. The minimum atomic E-state index is 0.597. The molecule has 0 fully saturated rings. The fourth-order valence-electron chi connectivity index (χ4n) is 1.32. The highest BCUT2D eigenvalue weighted by molar-refractivity contribution is 5.62. The van der Waals surface area contributed by atoms with Crippen LogP contribution in [-0.4, -0.2) is 19.8 Å². The third kappa shape index (κ3) is 4.49. The predicted octanol–water partition coefficient (Wildman–Crippen LogP) is 3.53. The lowest BCUT2D eigenvalue weighted by Gasteiger charge is -2.08. The monoisotopic (exact) mass is 220 g/mol. The van der Waals surface area contributed by atoms with E-state index in [-0.39, 0.29) is 0 Å². The Labute approximate surface area is 97.9 Å². The van der Waals surface area contributed by atoms with Crippen LogP contribution < -0.4 is 4.74 Å². The SMILES string of the molecule is C=C(C)c1cccc(OCCOCCC)c1. The Morgan fingerprint density at radius 1 is 1.25 bits per heavy atom. The van der Waals surface area contributed by atoms with Crippen molar-refractivity contribution in [2.24, 2.45) is 0 Å². The van der Waals surface area contributed by atoms with E-state index in [1.54, 1.807) is 0 Å². The van der Waals surface area contributed by atoms with Crippen LogP contribution in [0.25, 0.3) is 5.57 Å². The van der Waals surface area contributed by atoms with Crippen LogP contribution in [0, 0.1) is 0 Å². The largest absolute Gasteiger partial charge is 0.491 e. The van der Waals surface area contributed by atoms with E-state index in [4.69, 9.17) is 9.47 Å². The van der Waals surface area contributed by atoms with Crippen molar-refractivity contribution in [3.05, 3.63) is 36.4 Å². The minimum absolute atomic E-state index is 0.597. The first-order valence-electron chi connectivity index (χ1n) is 5.70. The second-order valence-corrected chi connectivity index (χ2v) is 3.77. The van der Waals surface area contributed by atoms with Gasteiger partial charge in [-0.25, -0.2) is 0 Å². The lowest BCUT2D eigenvalue weighted by Crippen LogP contribution is -2.07. The Morgan fingerprint density at radius 2 is 2.06 bits per heavy atom. The number of ether oxygens (including phenoxy) is 2. The van der Waals surface area contributed by atoms with Gasteiger partial charge in [-0.05, 0) is 31.0 Å². The Morgan fingerprint density at radius 3 is 2.75 bits per heavy atom. The van der Waals surface area contributed by atoms with Crippen LogP contribution in [0.2, 0.25) is 0 Å². The van der Waals surface area contributed by atoms with Gasteiger partial charge in [-0.2, -0.15) is 0 Å². The first kappa shape index (κ1) is 12.8. The summed E-state index contributed by atoms with van der Waals surface area (Å²) in [7, 11) is 0. The van der Waals surface area contributed by atoms with E-state index in [2.05, 4.69) is 13.5 Å². The van der Waals surface area contributed by atoms with Crippen molar-refractivity contribution in [3.63, 3.8) is 0 Å². The smallest absolute Gasteiger partial charge is 0.120 e. The van der Waals surface area contributed by atoms with Gasteiger partial charge in [-0.15, -0.1) is 0 Å². The second-order valence-electron chi connectivity index (χ2n) is 3.77. The van der Waals surface area contributed by atoms with E-state index < -0.39 is 0 Å². The van der Waals surface area contributed by atoms with E-state index in [1.165, 1.54) is 0 Å². The lowest BCUT2D eigenvalue weighted by molar-refractivity contribution is 0.101. The number of hydrogen-bond acceptors (Lipinski definition) is 2.